The summed E-state index contributed by atoms with van der Waals surface area (Å²) in [5.41, 5.74) is 0. The Bertz CT molecular complexity index is 369. The lowest BCUT2D eigenvalue weighted by atomic mass is 10.1. The zero-order valence-corrected chi connectivity index (χ0v) is 13.5. The molecule has 0 aliphatic rings. The van der Waals surface area contributed by atoms with Crippen LogP contribution in [0.4, 0.5) is 0 Å². The highest BCUT2D eigenvalue weighted by Gasteiger charge is 2.14. The molecule has 3 nitrogen and oxygen atoms in total. The predicted octanol–water partition coefficient (Wildman–Crippen LogP) is 3.80. The number of halogens is 1. The second-order valence-corrected chi connectivity index (χ2v) is 5.07. The second kappa shape index (κ2) is 9.89. The first-order chi connectivity index (χ1) is 9.76. The third kappa shape index (κ3) is 5.22. The Hall–Kier alpha value is -0.930. The number of benzene rings is 1. The number of alkyl halides is 1. The monoisotopic (exact) mass is 299 g/mol. The average Bonchev–Trinajstić information content (AvgIpc) is 2.49. The molecule has 0 spiro atoms. The topological polar surface area (TPSA) is 21.7 Å². The Labute approximate surface area is 127 Å². The minimum absolute atomic E-state index is 0.579. The number of hydrogen-bond acceptors (Lipinski definition) is 3. The Balaban J connectivity index is 2.51. The van der Waals surface area contributed by atoms with Crippen molar-refractivity contribution in [1.29, 1.82) is 0 Å². The molecule has 0 unspecified atom stereocenters. The van der Waals surface area contributed by atoms with Crippen molar-refractivity contribution in [2.24, 2.45) is 0 Å². The molecule has 1 aromatic rings. The number of rotatable bonds is 10. The van der Waals surface area contributed by atoms with Crippen LogP contribution in [-0.4, -0.2) is 43.6 Å². The van der Waals surface area contributed by atoms with E-state index in [1.165, 1.54) is 0 Å². The van der Waals surface area contributed by atoms with Gasteiger partial charge in [0.1, 0.15) is 6.61 Å². The van der Waals surface area contributed by atoms with Crippen molar-refractivity contribution in [3.63, 3.8) is 0 Å². The summed E-state index contributed by atoms with van der Waals surface area (Å²) < 4.78 is 11.1. The van der Waals surface area contributed by atoms with Gasteiger partial charge in [-0.15, -0.1) is 11.6 Å². The van der Waals surface area contributed by atoms with E-state index >= 15 is 0 Å². The van der Waals surface area contributed by atoms with Gasteiger partial charge in [-0.25, -0.2) is 0 Å². The van der Waals surface area contributed by atoms with E-state index in [0.29, 0.717) is 18.5 Å². The highest BCUT2D eigenvalue weighted by molar-refractivity contribution is 6.18. The Kier molecular flexibility index (Phi) is 8.47. The first-order valence-electron chi connectivity index (χ1n) is 7.32. The third-order valence-electron chi connectivity index (χ3n) is 3.54. The molecular weight excluding hydrogens is 274 g/mol. The molecule has 20 heavy (non-hydrogen) atoms. The number of methoxy groups -OCH3 is 1. The molecule has 1 rings (SSSR count). The quantitative estimate of drug-likeness (QED) is 0.613. The van der Waals surface area contributed by atoms with Gasteiger partial charge in [-0.05, 0) is 25.0 Å². The summed E-state index contributed by atoms with van der Waals surface area (Å²) in [6.07, 6.45) is 2.28. The van der Waals surface area contributed by atoms with Gasteiger partial charge in [0.05, 0.1) is 7.11 Å². The average molecular weight is 300 g/mol. The molecule has 0 aliphatic carbocycles. The van der Waals surface area contributed by atoms with Crippen molar-refractivity contribution in [3.05, 3.63) is 24.3 Å². The van der Waals surface area contributed by atoms with E-state index in [0.717, 1.165) is 37.4 Å². The number of nitrogens with zero attached hydrogens (tertiary/aromatic N) is 1. The maximum absolute atomic E-state index is 5.90. The zero-order chi connectivity index (χ0) is 14.8. The molecule has 0 atom stereocenters. The maximum Gasteiger partial charge on any atom is 0.161 e. The number of ether oxygens (including phenoxy) is 2. The fourth-order valence-corrected chi connectivity index (χ4v) is 2.62. The molecule has 0 bridgehead atoms. The van der Waals surface area contributed by atoms with E-state index in [1.54, 1.807) is 7.11 Å². The SMILES string of the molecule is CCC(CC)N(CCCl)CCOc1ccccc1OC. The zero-order valence-electron chi connectivity index (χ0n) is 12.8. The van der Waals surface area contributed by atoms with E-state index < -0.39 is 0 Å². The summed E-state index contributed by atoms with van der Waals surface area (Å²) in [5, 5.41) is 0. The van der Waals surface area contributed by atoms with Gasteiger partial charge in [-0.1, -0.05) is 26.0 Å². The largest absolute Gasteiger partial charge is 0.493 e. The third-order valence-corrected chi connectivity index (χ3v) is 3.70. The summed E-state index contributed by atoms with van der Waals surface area (Å²) in [5.74, 6) is 2.23. The van der Waals surface area contributed by atoms with Crippen molar-refractivity contribution in [2.45, 2.75) is 32.7 Å². The summed E-state index contributed by atoms with van der Waals surface area (Å²) in [4.78, 5) is 2.41. The predicted molar refractivity (Wildman–Crippen MR) is 85.2 cm³/mol. The first-order valence-corrected chi connectivity index (χ1v) is 7.86. The second-order valence-electron chi connectivity index (χ2n) is 4.69. The van der Waals surface area contributed by atoms with Crippen LogP contribution in [0.5, 0.6) is 11.5 Å². The molecule has 0 aliphatic heterocycles. The molecule has 0 saturated heterocycles. The molecule has 0 fully saturated rings. The fraction of sp³-hybridized carbons (Fsp3) is 0.625. The van der Waals surface area contributed by atoms with Gasteiger partial charge in [-0.2, -0.15) is 0 Å². The van der Waals surface area contributed by atoms with Crippen LogP contribution in [0.2, 0.25) is 0 Å². The molecule has 0 saturated carbocycles. The smallest absolute Gasteiger partial charge is 0.161 e. The van der Waals surface area contributed by atoms with E-state index in [9.17, 15) is 0 Å². The summed E-state index contributed by atoms with van der Waals surface area (Å²) in [6.45, 7) is 6.88. The Morgan fingerprint density at radius 1 is 1.10 bits per heavy atom. The highest BCUT2D eigenvalue weighted by Crippen LogP contribution is 2.25. The molecule has 0 heterocycles. The van der Waals surface area contributed by atoms with Crippen LogP contribution < -0.4 is 9.47 Å². The molecule has 0 radical (unpaired) electrons. The molecule has 1 aromatic carbocycles. The summed E-state index contributed by atoms with van der Waals surface area (Å²) >= 11 is 5.90. The van der Waals surface area contributed by atoms with Crippen LogP contribution in [-0.2, 0) is 0 Å². The lowest BCUT2D eigenvalue weighted by Crippen LogP contribution is -2.38. The molecule has 0 aromatic heterocycles. The van der Waals surface area contributed by atoms with Crippen molar-refractivity contribution < 1.29 is 9.47 Å². The minimum atomic E-state index is 0.579. The number of para-hydroxylation sites is 2. The van der Waals surface area contributed by atoms with Crippen LogP contribution >= 0.6 is 11.6 Å². The van der Waals surface area contributed by atoms with Gasteiger partial charge in [0.15, 0.2) is 11.5 Å². The van der Waals surface area contributed by atoms with E-state index in [2.05, 4.69) is 18.7 Å². The fourth-order valence-electron chi connectivity index (χ4n) is 2.40. The van der Waals surface area contributed by atoms with Crippen molar-refractivity contribution >= 4 is 11.6 Å². The lowest BCUT2D eigenvalue weighted by Gasteiger charge is -2.29. The van der Waals surface area contributed by atoms with E-state index in [-0.39, 0.29) is 0 Å². The molecule has 0 N–H and O–H groups in total. The van der Waals surface area contributed by atoms with Gasteiger partial charge in [0, 0.05) is 25.0 Å². The van der Waals surface area contributed by atoms with E-state index in [1.807, 2.05) is 24.3 Å². The molecule has 4 heteroatoms. The normalized spacial score (nSPS) is 11.1. The Morgan fingerprint density at radius 2 is 1.75 bits per heavy atom. The van der Waals surface area contributed by atoms with Crippen molar-refractivity contribution in [2.75, 3.05) is 32.7 Å². The standard InChI is InChI=1S/C16H26ClNO2/c1-4-14(5-2)18(11-10-17)12-13-20-16-9-7-6-8-15(16)19-3/h6-9,14H,4-5,10-13H2,1-3H3. The van der Waals surface area contributed by atoms with Gasteiger partial charge in [0.25, 0.3) is 0 Å². The van der Waals surface area contributed by atoms with Gasteiger partial charge >= 0.3 is 0 Å². The Morgan fingerprint density at radius 3 is 2.30 bits per heavy atom. The van der Waals surface area contributed by atoms with Crippen LogP contribution in [0.3, 0.4) is 0 Å². The first kappa shape index (κ1) is 17.1. The lowest BCUT2D eigenvalue weighted by molar-refractivity contribution is 0.158. The van der Waals surface area contributed by atoms with Crippen molar-refractivity contribution in [3.8, 4) is 11.5 Å². The number of hydrogen-bond donors (Lipinski definition) is 0. The summed E-state index contributed by atoms with van der Waals surface area (Å²) in [7, 11) is 1.66. The molecule has 114 valence electrons. The molecular formula is C16H26ClNO2. The van der Waals surface area contributed by atoms with Crippen LogP contribution in [0.15, 0.2) is 24.3 Å². The highest BCUT2D eigenvalue weighted by atomic mass is 35.5. The van der Waals surface area contributed by atoms with Gasteiger partial charge in [-0.3, -0.25) is 4.90 Å². The van der Waals surface area contributed by atoms with Crippen molar-refractivity contribution in [1.82, 2.24) is 4.90 Å². The van der Waals surface area contributed by atoms with Crippen LogP contribution in [0.1, 0.15) is 26.7 Å². The van der Waals surface area contributed by atoms with E-state index in [4.69, 9.17) is 21.1 Å². The summed E-state index contributed by atoms with van der Waals surface area (Å²) in [6, 6.07) is 8.31. The van der Waals surface area contributed by atoms with Gasteiger partial charge < -0.3 is 9.47 Å². The molecule has 0 amide bonds. The maximum atomic E-state index is 5.90. The van der Waals surface area contributed by atoms with Gasteiger partial charge in [0.2, 0.25) is 0 Å². The van der Waals surface area contributed by atoms with Crippen LogP contribution in [0, 0.1) is 0 Å². The van der Waals surface area contributed by atoms with Crippen LogP contribution in [0.25, 0.3) is 0 Å². The minimum Gasteiger partial charge on any atom is -0.493 e.